The number of sulfonamides is 1. The second-order valence-corrected chi connectivity index (χ2v) is 10.0. The van der Waals surface area contributed by atoms with Crippen LogP contribution < -0.4 is 10.2 Å². The lowest BCUT2D eigenvalue weighted by molar-refractivity contribution is 0.0950. The molecule has 1 saturated heterocycles. The molecule has 1 aliphatic heterocycles. The normalized spacial score (nSPS) is 15.4. The highest BCUT2D eigenvalue weighted by atomic mass is 35.5. The van der Waals surface area contributed by atoms with Gasteiger partial charge >= 0.3 is 0 Å². The Morgan fingerprint density at radius 2 is 1.67 bits per heavy atom. The Bertz CT molecular complexity index is 983. The van der Waals surface area contributed by atoms with Crippen LogP contribution in [0.1, 0.15) is 41.6 Å². The molecule has 0 aliphatic carbocycles. The molecule has 0 saturated carbocycles. The van der Waals surface area contributed by atoms with E-state index in [0.717, 1.165) is 36.9 Å². The molecule has 0 aromatic heterocycles. The summed E-state index contributed by atoms with van der Waals surface area (Å²) >= 11 is 6.22. The van der Waals surface area contributed by atoms with Crippen molar-refractivity contribution in [1.82, 2.24) is 9.62 Å². The van der Waals surface area contributed by atoms with Crippen LogP contribution in [-0.2, 0) is 16.6 Å². The molecule has 2 aromatic rings. The minimum atomic E-state index is -3.74. The van der Waals surface area contributed by atoms with Gasteiger partial charge in [-0.3, -0.25) is 4.79 Å². The molecule has 1 N–H and O–H groups in total. The van der Waals surface area contributed by atoms with E-state index in [9.17, 15) is 13.2 Å². The number of anilines is 1. The van der Waals surface area contributed by atoms with Gasteiger partial charge in [0.25, 0.3) is 5.91 Å². The largest absolute Gasteiger partial charge is 0.378 e. The van der Waals surface area contributed by atoms with E-state index in [0.29, 0.717) is 19.6 Å². The van der Waals surface area contributed by atoms with Crippen molar-refractivity contribution in [2.45, 2.75) is 37.1 Å². The van der Waals surface area contributed by atoms with Gasteiger partial charge in [-0.1, -0.05) is 36.6 Å². The topological polar surface area (TPSA) is 69.7 Å². The number of carbonyl (C=O) groups is 1. The maximum Gasteiger partial charge on any atom is 0.251 e. The maximum absolute atomic E-state index is 13.1. The van der Waals surface area contributed by atoms with Crippen LogP contribution in [0, 0.1) is 0 Å². The van der Waals surface area contributed by atoms with Gasteiger partial charge in [0.1, 0.15) is 4.90 Å². The second-order valence-electron chi connectivity index (χ2n) is 7.71. The van der Waals surface area contributed by atoms with E-state index in [1.807, 2.05) is 43.3 Å². The molecule has 1 aliphatic rings. The van der Waals surface area contributed by atoms with Crippen molar-refractivity contribution in [2.75, 3.05) is 32.1 Å². The Balaban J connectivity index is 1.74. The molecule has 162 valence electrons. The van der Waals surface area contributed by atoms with Crippen LogP contribution >= 0.6 is 11.6 Å². The first-order valence-corrected chi connectivity index (χ1v) is 11.9. The Labute approximate surface area is 183 Å². The van der Waals surface area contributed by atoms with Gasteiger partial charge in [0.2, 0.25) is 10.0 Å². The van der Waals surface area contributed by atoms with E-state index in [1.165, 1.54) is 16.4 Å². The van der Waals surface area contributed by atoms with Crippen molar-refractivity contribution in [3.05, 3.63) is 58.6 Å². The summed E-state index contributed by atoms with van der Waals surface area (Å²) in [6.07, 6.45) is 3.72. The van der Waals surface area contributed by atoms with Gasteiger partial charge in [0.15, 0.2) is 0 Å². The maximum atomic E-state index is 13.1. The van der Waals surface area contributed by atoms with Crippen molar-refractivity contribution < 1.29 is 13.2 Å². The molecule has 1 heterocycles. The summed E-state index contributed by atoms with van der Waals surface area (Å²) in [6.45, 7) is 1.32. The number of nitrogens with one attached hydrogen (secondary N) is 1. The lowest BCUT2D eigenvalue weighted by Gasteiger charge is -2.21. The van der Waals surface area contributed by atoms with Crippen molar-refractivity contribution in [3.8, 4) is 0 Å². The van der Waals surface area contributed by atoms with E-state index in [2.05, 4.69) is 5.32 Å². The van der Waals surface area contributed by atoms with Crippen LogP contribution in [0.25, 0.3) is 0 Å². The molecular weight excluding hydrogens is 422 g/mol. The minimum Gasteiger partial charge on any atom is -0.378 e. The van der Waals surface area contributed by atoms with Crippen molar-refractivity contribution in [1.29, 1.82) is 0 Å². The summed E-state index contributed by atoms with van der Waals surface area (Å²) in [4.78, 5) is 14.6. The zero-order valence-electron chi connectivity index (χ0n) is 17.4. The Morgan fingerprint density at radius 3 is 2.27 bits per heavy atom. The zero-order chi connectivity index (χ0) is 21.7. The average molecular weight is 450 g/mol. The molecule has 1 amide bonds. The molecule has 1 fully saturated rings. The molecule has 2 aromatic carbocycles. The van der Waals surface area contributed by atoms with E-state index < -0.39 is 10.0 Å². The van der Waals surface area contributed by atoms with E-state index in [4.69, 9.17) is 11.6 Å². The summed E-state index contributed by atoms with van der Waals surface area (Å²) in [5, 5.41) is 2.98. The predicted molar refractivity (Wildman–Crippen MR) is 121 cm³/mol. The number of hydrogen-bond acceptors (Lipinski definition) is 4. The summed E-state index contributed by atoms with van der Waals surface area (Å²) in [5.41, 5.74) is 2.31. The van der Waals surface area contributed by atoms with E-state index in [1.54, 1.807) is 6.07 Å². The molecule has 0 radical (unpaired) electrons. The first-order chi connectivity index (χ1) is 14.3. The first kappa shape index (κ1) is 22.6. The van der Waals surface area contributed by atoms with Crippen molar-refractivity contribution in [3.63, 3.8) is 0 Å². The van der Waals surface area contributed by atoms with Gasteiger partial charge in [-0.25, -0.2) is 8.42 Å². The quantitative estimate of drug-likeness (QED) is 0.726. The lowest BCUT2D eigenvalue weighted by atomic mass is 10.1. The molecule has 8 heteroatoms. The minimum absolute atomic E-state index is 0.00551. The predicted octanol–water partition coefficient (Wildman–Crippen LogP) is 3.90. The van der Waals surface area contributed by atoms with Gasteiger partial charge in [0, 0.05) is 45.0 Å². The second kappa shape index (κ2) is 9.81. The third kappa shape index (κ3) is 5.33. The molecule has 30 heavy (non-hydrogen) atoms. The Hall–Kier alpha value is -2.09. The summed E-state index contributed by atoms with van der Waals surface area (Å²) < 4.78 is 27.7. The van der Waals surface area contributed by atoms with Crippen molar-refractivity contribution >= 4 is 33.2 Å². The highest BCUT2D eigenvalue weighted by Crippen LogP contribution is 2.27. The standard InChI is InChI=1S/C22H28ClN3O3S/c1-25(2)19-10-7-17(8-11-19)16-24-22(27)18-9-12-20(23)21(15-18)30(28,29)26-13-5-3-4-6-14-26/h7-12,15H,3-6,13-14,16H2,1-2H3,(H,24,27). The van der Waals surface area contributed by atoms with Crippen LogP contribution in [-0.4, -0.2) is 45.8 Å². The summed E-state index contributed by atoms with van der Waals surface area (Å²) in [5.74, 6) is -0.337. The number of hydrogen-bond donors (Lipinski definition) is 1. The average Bonchev–Trinajstić information content (AvgIpc) is 3.02. The summed E-state index contributed by atoms with van der Waals surface area (Å²) in [6, 6.07) is 12.3. The van der Waals surface area contributed by atoms with Crippen molar-refractivity contribution in [2.24, 2.45) is 0 Å². The van der Waals surface area contributed by atoms with Crippen LogP contribution in [0.3, 0.4) is 0 Å². The molecule has 3 rings (SSSR count). The Morgan fingerprint density at radius 1 is 1.03 bits per heavy atom. The summed E-state index contributed by atoms with van der Waals surface area (Å²) in [7, 11) is 0.198. The number of carbonyl (C=O) groups excluding carboxylic acids is 1. The van der Waals surface area contributed by atoms with Gasteiger partial charge in [-0.2, -0.15) is 4.31 Å². The van der Waals surface area contributed by atoms with Crippen LogP contribution in [0.5, 0.6) is 0 Å². The molecular formula is C22H28ClN3O3S. The number of benzene rings is 2. The molecule has 0 atom stereocenters. The van der Waals surface area contributed by atoms with E-state index in [-0.39, 0.29) is 21.4 Å². The number of amides is 1. The lowest BCUT2D eigenvalue weighted by Crippen LogP contribution is -2.32. The Kier molecular flexibility index (Phi) is 7.39. The van der Waals surface area contributed by atoms with Gasteiger partial charge < -0.3 is 10.2 Å². The fourth-order valence-corrected chi connectivity index (χ4v) is 5.48. The highest BCUT2D eigenvalue weighted by molar-refractivity contribution is 7.89. The van der Waals surface area contributed by atoms with Crippen LogP contribution in [0.15, 0.2) is 47.4 Å². The van der Waals surface area contributed by atoms with Crippen LogP contribution in [0.2, 0.25) is 5.02 Å². The first-order valence-electron chi connectivity index (χ1n) is 10.1. The monoisotopic (exact) mass is 449 g/mol. The SMILES string of the molecule is CN(C)c1ccc(CNC(=O)c2ccc(Cl)c(S(=O)(=O)N3CCCCCC3)c2)cc1. The number of rotatable bonds is 6. The number of halogens is 1. The fraction of sp³-hybridized carbons (Fsp3) is 0.409. The molecule has 0 unspecified atom stereocenters. The fourth-order valence-electron chi connectivity index (χ4n) is 3.46. The smallest absolute Gasteiger partial charge is 0.251 e. The molecule has 6 nitrogen and oxygen atoms in total. The van der Waals surface area contributed by atoms with Crippen LogP contribution in [0.4, 0.5) is 5.69 Å². The van der Waals surface area contributed by atoms with Gasteiger partial charge in [0.05, 0.1) is 5.02 Å². The van der Waals surface area contributed by atoms with Gasteiger partial charge in [-0.05, 0) is 48.7 Å². The highest BCUT2D eigenvalue weighted by Gasteiger charge is 2.28. The number of nitrogens with zero attached hydrogens (tertiary/aromatic N) is 2. The van der Waals surface area contributed by atoms with E-state index >= 15 is 0 Å². The molecule has 0 spiro atoms. The molecule has 0 bridgehead atoms. The third-order valence-electron chi connectivity index (χ3n) is 5.28. The van der Waals surface area contributed by atoms with Gasteiger partial charge in [-0.15, -0.1) is 0 Å². The zero-order valence-corrected chi connectivity index (χ0v) is 19.0. The third-order valence-corrected chi connectivity index (χ3v) is 7.66.